The lowest BCUT2D eigenvalue weighted by atomic mass is 9.78. The number of nitrogens with zero attached hydrogens (tertiary/aromatic N) is 4. The van der Waals surface area contributed by atoms with E-state index in [0.29, 0.717) is 30.6 Å². The topological polar surface area (TPSA) is 170 Å². The maximum absolute atomic E-state index is 13.8. The summed E-state index contributed by atoms with van der Waals surface area (Å²) in [5, 5.41) is 2.88. The first-order valence-corrected chi connectivity index (χ1v) is 13.7. The Morgan fingerprint density at radius 3 is 2.44 bits per heavy atom. The molecule has 3 N–H and O–H groups in total. The van der Waals surface area contributed by atoms with Crippen molar-refractivity contribution in [3.63, 3.8) is 0 Å². The van der Waals surface area contributed by atoms with E-state index in [1.54, 1.807) is 45.5 Å². The molecule has 0 spiro atoms. The molecule has 0 saturated heterocycles. The highest BCUT2D eigenvalue weighted by atomic mass is 31.2. The average Bonchev–Trinajstić information content (AvgIpc) is 3.17. The molecule has 0 aromatic carbocycles. The fourth-order valence-corrected chi connectivity index (χ4v) is 5.62. The third kappa shape index (κ3) is 7.00. The van der Waals surface area contributed by atoms with Crippen LogP contribution in [0.25, 0.3) is 11.2 Å². The summed E-state index contributed by atoms with van der Waals surface area (Å²) in [5.41, 5.74) is 5.69. The van der Waals surface area contributed by atoms with Crippen LogP contribution in [0, 0.1) is 0 Å². The van der Waals surface area contributed by atoms with Crippen LogP contribution in [-0.4, -0.2) is 68.3 Å². The van der Waals surface area contributed by atoms with Gasteiger partial charge in [-0.05, 0) is 53.9 Å². The number of aromatic nitrogens is 4. The number of carbonyl (C=O) groups excluding carboxylic acids is 2. The number of ether oxygens (including phenoxy) is 3. The van der Waals surface area contributed by atoms with Crippen LogP contribution < -0.4 is 10.8 Å². The van der Waals surface area contributed by atoms with E-state index in [1.165, 1.54) is 6.33 Å². The molecule has 200 valence electrons. The zero-order chi connectivity index (χ0) is 26.5. The second-order valence-corrected chi connectivity index (χ2v) is 11.5. The molecule has 36 heavy (non-hydrogen) atoms. The number of carbonyl (C=O) groups is 2. The molecule has 14 heteroatoms. The number of rotatable bonds is 13. The van der Waals surface area contributed by atoms with E-state index >= 15 is 0 Å². The summed E-state index contributed by atoms with van der Waals surface area (Å²) in [7, 11) is -3.84. The number of imidazole rings is 1. The summed E-state index contributed by atoms with van der Waals surface area (Å²) >= 11 is 0. The monoisotopic (exact) mass is 526 g/mol. The lowest BCUT2D eigenvalue weighted by Crippen LogP contribution is -2.57. The molecule has 0 bridgehead atoms. The highest BCUT2D eigenvalue weighted by Crippen LogP contribution is 2.49. The Bertz CT molecular complexity index is 1120. The standard InChI is InChI=1S/C22H35N6O7P/c1-14(2)34-17(29)10-33-36(31,27-22(7-6-8-22)21(30)35-15(3)4)13-32-16(5)9-28-12-26-18-19(23)24-11-25-20(18)28/h11-12,14-16H,6-10,13H2,1-5H3,(H,27,31)(H2,23,24,25)/t16-,36+/m1/s1. The quantitative estimate of drug-likeness (QED) is 0.289. The molecule has 0 radical (unpaired) electrons. The van der Waals surface area contributed by atoms with Gasteiger partial charge in [-0.3, -0.25) is 9.36 Å². The Balaban J connectivity index is 1.71. The smallest absolute Gasteiger partial charge is 0.332 e. The summed E-state index contributed by atoms with van der Waals surface area (Å²) in [6.45, 7) is 8.42. The molecular formula is C22H35N6O7P. The lowest BCUT2D eigenvalue weighted by Gasteiger charge is -2.42. The van der Waals surface area contributed by atoms with Gasteiger partial charge in [0, 0.05) is 0 Å². The molecule has 3 rings (SSSR count). The van der Waals surface area contributed by atoms with Gasteiger partial charge >= 0.3 is 11.9 Å². The molecule has 0 unspecified atom stereocenters. The Morgan fingerprint density at radius 2 is 1.83 bits per heavy atom. The van der Waals surface area contributed by atoms with E-state index in [4.69, 9.17) is 24.5 Å². The summed E-state index contributed by atoms with van der Waals surface area (Å²) in [4.78, 5) is 37.2. The van der Waals surface area contributed by atoms with Crippen molar-refractivity contribution in [2.24, 2.45) is 0 Å². The minimum absolute atomic E-state index is 0.266. The van der Waals surface area contributed by atoms with E-state index in [0.717, 1.165) is 6.42 Å². The van der Waals surface area contributed by atoms with Crippen molar-refractivity contribution in [3.05, 3.63) is 12.7 Å². The van der Waals surface area contributed by atoms with Crippen molar-refractivity contribution in [2.75, 3.05) is 18.7 Å². The predicted octanol–water partition coefficient (Wildman–Crippen LogP) is 2.40. The predicted molar refractivity (Wildman–Crippen MR) is 131 cm³/mol. The Hall–Kier alpha value is -2.60. The molecule has 0 aliphatic heterocycles. The van der Waals surface area contributed by atoms with Crippen LogP contribution in [0.4, 0.5) is 5.82 Å². The molecule has 1 fully saturated rings. The van der Waals surface area contributed by atoms with Gasteiger partial charge < -0.3 is 29.0 Å². The minimum Gasteiger partial charge on any atom is -0.462 e. The molecule has 2 atom stereocenters. The van der Waals surface area contributed by atoms with Crippen molar-refractivity contribution in [3.8, 4) is 0 Å². The number of nitrogen functional groups attached to an aromatic ring is 1. The van der Waals surface area contributed by atoms with Crippen LogP contribution in [0.5, 0.6) is 0 Å². The summed E-state index contributed by atoms with van der Waals surface area (Å²) in [6.07, 6.45) is 2.99. The highest BCUT2D eigenvalue weighted by Gasteiger charge is 2.50. The van der Waals surface area contributed by atoms with Crippen molar-refractivity contribution in [1.29, 1.82) is 0 Å². The summed E-state index contributed by atoms with van der Waals surface area (Å²) < 4.78 is 37.4. The number of fused-ring (bicyclic) bond motifs is 1. The summed E-state index contributed by atoms with van der Waals surface area (Å²) in [6, 6.07) is 0. The third-order valence-electron chi connectivity index (χ3n) is 5.50. The van der Waals surface area contributed by atoms with Crippen LogP contribution >= 0.6 is 7.52 Å². The van der Waals surface area contributed by atoms with Crippen LogP contribution in [0.1, 0.15) is 53.9 Å². The molecule has 2 aromatic heterocycles. The number of esters is 2. The maximum atomic E-state index is 13.8. The third-order valence-corrected chi connectivity index (χ3v) is 7.30. The summed E-state index contributed by atoms with van der Waals surface area (Å²) in [5.74, 6) is -0.913. The second kappa shape index (κ2) is 11.6. The van der Waals surface area contributed by atoms with E-state index < -0.39 is 37.7 Å². The Kier molecular flexibility index (Phi) is 9.04. The SMILES string of the molecule is CC(C)OC(=O)CO[P@@](=O)(CO[C@H](C)Cn1cnc2c(N)ncnc21)NC1(C(=O)OC(C)C)CCC1. The van der Waals surface area contributed by atoms with Gasteiger partial charge in [-0.1, -0.05) is 0 Å². The van der Waals surface area contributed by atoms with Gasteiger partial charge in [0.1, 0.15) is 23.7 Å². The van der Waals surface area contributed by atoms with E-state index in [9.17, 15) is 14.2 Å². The fourth-order valence-electron chi connectivity index (χ4n) is 3.69. The molecule has 2 aromatic rings. The average molecular weight is 527 g/mol. The fraction of sp³-hybridized carbons (Fsp3) is 0.682. The molecule has 2 heterocycles. The zero-order valence-corrected chi connectivity index (χ0v) is 22.2. The van der Waals surface area contributed by atoms with Crippen molar-refractivity contribution < 1.29 is 32.9 Å². The molecule has 0 amide bonds. The molecular weight excluding hydrogens is 491 g/mol. The number of nitrogens with two attached hydrogens (primary N) is 1. The number of hydrogen-bond donors (Lipinski definition) is 2. The van der Waals surface area contributed by atoms with E-state index in [2.05, 4.69) is 20.0 Å². The van der Waals surface area contributed by atoms with Gasteiger partial charge in [-0.25, -0.2) is 24.8 Å². The lowest BCUT2D eigenvalue weighted by molar-refractivity contribution is -0.158. The van der Waals surface area contributed by atoms with Crippen molar-refractivity contribution in [2.45, 2.75) is 84.3 Å². The minimum atomic E-state index is -3.84. The molecule has 1 saturated carbocycles. The number of hydrogen-bond acceptors (Lipinski definition) is 11. The van der Waals surface area contributed by atoms with Gasteiger partial charge in [0.2, 0.25) is 0 Å². The highest BCUT2D eigenvalue weighted by molar-refractivity contribution is 7.56. The molecule has 1 aliphatic carbocycles. The number of nitrogens with one attached hydrogen (secondary N) is 1. The molecule has 1 aliphatic rings. The normalized spacial score (nSPS) is 17.5. The van der Waals surface area contributed by atoms with Gasteiger partial charge in [0.25, 0.3) is 7.52 Å². The van der Waals surface area contributed by atoms with Crippen LogP contribution in [0.15, 0.2) is 12.7 Å². The maximum Gasteiger partial charge on any atom is 0.332 e. The first-order chi connectivity index (χ1) is 16.9. The van der Waals surface area contributed by atoms with Gasteiger partial charge in [0.15, 0.2) is 18.1 Å². The van der Waals surface area contributed by atoms with Gasteiger partial charge in [-0.2, -0.15) is 0 Å². The van der Waals surface area contributed by atoms with Gasteiger partial charge in [0.05, 0.1) is 31.2 Å². The van der Waals surface area contributed by atoms with Crippen LogP contribution in [0.2, 0.25) is 0 Å². The second-order valence-electron chi connectivity index (χ2n) is 9.42. The molecule has 13 nitrogen and oxygen atoms in total. The largest absolute Gasteiger partial charge is 0.462 e. The van der Waals surface area contributed by atoms with E-state index in [-0.39, 0.29) is 24.4 Å². The van der Waals surface area contributed by atoms with Crippen LogP contribution in [-0.2, 0) is 39.4 Å². The van der Waals surface area contributed by atoms with Crippen molar-refractivity contribution in [1.82, 2.24) is 24.6 Å². The Labute approximate surface area is 209 Å². The zero-order valence-electron chi connectivity index (χ0n) is 21.3. The first kappa shape index (κ1) is 28.0. The first-order valence-electron chi connectivity index (χ1n) is 11.9. The van der Waals surface area contributed by atoms with Crippen LogP contribution in [0.3, 0.4) is 0 Å². The Morgan fingerprint density at radius 1 is 1.14 bits per heavy atom. The van der Waals surface area contributed by atoms with Crippen molar-refractivity contribution >= 4 is 36.4 Å². The van der Waals surface area contributed by atoms with Gasteiger partial charge in [-0.15, -0.1) is 0 Å². The van der Waals surface area contributed by atoms with E-state index in [1.807, 2.05) is 0 Å². The number of anilines is 1.